The molecule has 0 spiro atoms. The molecule has 1 saturated heterocycles. The van der Waals surface area contributed by atoms with E-state index in [1.165, 1.54) is 12.8 Å². The second-order valence-electron chi connectivity index (χ2n) is 10.1. The number of rotatable bonds is 3. The van der Waals surface area contributed by atoms with Crippen molar-refractivity contribution in [3.8, 4) is 5.75 Å². The fraction of sp³-hybridized carbons (Fsp3) is 0.609. The number of fused-ring (bicyclic) bond motifs is 1. The van der Waals surface area contributed by atoms with Gasteiger partial charge in [-0.15, -0.1) is 0 Å². The molecule has 29 heavy (non-hydrogen) atoms. The molecule has 4 atom stereocenters. The molecule has 4 unspecified atom stereocenters. The smallest absolute Gasteiger partial charge is 0.252 e. The Morgan fingerprint density at radius 1 is 1.34 bits per heavy atom. The van der Waals surface area contributed by atoms with Crippen LogP contribution in [0, 0.1) is 5.92 Å². The van der Waals surface area contributed by atoms with Gasteiger partial charge in [0.15, 0.2) is 0 Å². The molecule has 2 saturated carbocycles. The first kappa shape index (κ1) is 21.5. The summed E-state index contributed by atoms with van der Waals surface area (Å²) in [5.74, 6) is 0.142. The first-order chi connectivity index (χ1) is 13.2. The van der Waals surface area contributed by atoms with Gasteiger partial charge in [-0.25, -0.2) is 0 Å². The Kier molecular flexibility index (Phi) is 5.10. The van der Waals surface area contributed by atoms with Gasteiger partial charge in [-0.3, -0.25) is 4.79 Å². The molecule has 153 valence electrons. The van der Waals surface area contributed by atoms with Crippen molar-refractivity contribution in [2.24, 2.45) is 11.7 Å². The van der Waals surface area contributed by atoms with Crippen molar-refractivity contribution in [3.05, 3.63) is 41.0 Å². The van der Waals surface area contributed by atoms with Gasteiger partial charge in [-0.05, 0) is 43.7 Å². The second kappa shape index (κ2) is 6.88. The van der Waals surface area contributed by atoms with E-state index >= 15 is 0 Å². The van der Waals surface area contributed by atoms with Crippen molar-refractivity contribution in [1.29, 1.82) is 0 Å². The van der Waals surface area contributed by atoms with Gasteiger partial charge in [-0.1, -0.05) is 18.2 Å². The normalized spacial score (nSPS) is 37.9. The number of nitrogens with zero attached hydrogens (tertiary/aromatic N) is 1. The molecule has 1 aromatic carbocycles. The zero-order chi connectivity index (χ0) is 19.9. The SMILES string of the molecule is C=C1CCC2(O)C3Cc4ccc(C(N)=O)c(O)c4C2(CC[N+]3(C)CC2CC2)C1.[Y]. The van der Waals surface area contributed by atoms with Gasteiger partial charge in [-0.2, -0.15) is 0 Å². The molecule has 1 radical (unpaired) electrons. The Balaban J connectivity index is 0.00000205. The minimum absolute atomic E-state index is 0. The number of carbonyl (C=O) groups is 1. The number of likely N-dealkylation sites (N-methyl/N-ethyl adjacent to an activating group) is 1. The van der Waals surface area contributed by atoms with Crippen LogP contribution >= 0.6 is 0 Å². The van der Waals surface area contributed by atoms with Crippen molar-refractivity contribution < 1.29 is 52.2 Å². The van der Waals surface area contributed by atoms with Gasteiger partial charge in [0.05, 0.1) is 25.7 Å². The number of nitrogens with two attached hydrogens (primary N) is 1. The summed E-state index contributed by atoms with van der Waals surface area (Å²) in [5, 5.41) is 23.4. The summed E-state index contributed by atoms with van der Waals surface area (Å²) in [6, 6.07) is 3.71. The molecule has 4 N–H and O–H groups in total. The third-order valence-corrected chi connectivity index (χ3v) is 8.39. The zero-order valence-corrected chi connectivity index (χ0v) is 20.1. The van der Waals surface area contributed by atoms with E-state index in [4.69, 9.17) is 5.73 Å². The van der Waals surface area contributed by atoms with Crippen LogP contribution in [0.5, 0.6) is 5.75 Å². The number of likely N-dealkylation sites (tertiary alicyclic amines) is 1. The molecule has 1 aromatic rings. The average Bonchev–Trinajstić information content (AvgIpc) is 3.43. The predicted molar refractivity (Wildman–Crippen MR) is 107 cm³/mol. The molecule has 1 heterocycles. The number of benzene rings is 1. The Bertz CT molecular complexity index is 898. The van der Waals surface area contributed by atoms with Crippen LogP contribution in [0.2, 0.25) is 0 Å². The van der Waals surface area contributed by atoms with Crippen LogP contribution < -0.4 is 5.73 Å². The first-order valence-electron chi connectivity index (χ1n) is 10.6. The molecule has 2 bridgehead atoms. The van der Waals surface area contributed by atoms with Gasteiger partial charge < -0.3 is 20.4 Å². The number of phenols is 1. The minimum atomic E-state index is -0.892. The Morgan fingerprint density at radius 3 is 2.72 bits per heavy atom. The molecule has 1 amide bonds. The fourth-order valence-electron chi connectivity index (χ4n) is 6.85. The number of carbonyl (C=O) groups excluding carboxylic acids is 1. The van der Waals surface area contributed by atoms with Crippen molar-refractivity contribution in [1.82, 2.24) is 0 Å². The Hall–Kier alpha value is -0.746. The monoisotopic (exact) mass is 472 g/mol. The molecule has 5 nitrogen and oxygen atoms in total. The summed E-state index contributed by atoms with van der Waals surface area (Å²) in [5.41, 5.74) is 7.17. The van der Waals surface area contributed by atoms with E-state index in [1.807, 2.05) is 6.07 Å². The maximum Gasteiger partial charge on any atom is 0.252 e. The number of quaternary nitrogens is 1. The van der Waals surface area contributed by atoms with Crippen molar-refractivity contribution in [2.45, 2.75) is 62.0 Å². The van der Waals surface area contributed by atoms with Gasteiger partial charge in [0.2, 0.25) is 0 Å². The summed E-state index contributed by atoms with van der Waals surface area (Å²) in [4.78, 5) is 11.9. The molecule has 6 heteroatoms. The van der Waals surface area contributed by atoms with Crippen LogP contribution in [0.1, 0.15) is 60.0 Å². The number of allylic oxidation sites excluding steroid dienone is 1. The summed E-state index contributed by atoms with van der Waals surface area (Å²) < 4.78 is 0.910. The van der Waals surface area contributed by atoms with Crippen LogP contribution in [0.3, 0.4) is 0 Å². The van der Waals surface area contributed by atoms with Crippen molar-refractivity contribution in [2.75, 3.05) is 20.1 Å². The third kappa shape index (κ3) is 2.91. The molecule has 4 aliphatic rings. The van der Waals surface area contributed by atoms with Crippen molar-refractivity contribution in [3.63, 3.8) is 0 Å². The number of primary amides is 1. The Labute approximate surface area is 197 Å². The fourth-order valence-corrected chi connectivity index (χ4v) is 6.85. The zero-order valence-electron chi connectivity index (χ0n) is 17.3. The van der Waals surface area contributed by atoms with Gasteiger partial charge >= 0.3 is 0 Å². The maximum absolute atomic E-state index is 12.3. The maximum atomic E-state index is 12.3. The van der Waals surface area contributed by atoms with Crippen LogP contribution in [-0.2, 0) is 44.5 Å². The summed E-state index contributed by atoms with van der Waals surface area (Å²) in [6.07, 6.45) is 6.31. The molecular weight excluding hydrogens is 441 g/mol. The third-order valence-electron chi connectivity index (χ3n) is 8.39. The molecule has 0 aromatic heterocycles. The van der Waals surface area contributed by atoms with Gasteiger partial charge in [0, 0.05) is 62.4 Å². The van der Waals surface area contributed by atoms with Gasteiger partial charge in [0.1, 0.15) is 17.4 Å². The van der Waals surface area contributed by atoms with Crippen LogP contribution in [0.4, 0.5) is 0 Å². The van der Waals surface area contributed by atoms with E-state index in [-0.39, 0.29) is 50.1 Å². The molecule has 5 rings (SSSR count). The van der Waals surface area contributed by atoms with Gasteiger partial charge in [0.25, 0.3) is 5.91 Å². The number of aromatic hydroxyl groups is 1. The standard InChI is InChI=1S/C23H30N2O3.Y/c1-14-7-8-23(28)18-11-16-5-6-17(21(24)27)20(26)19(16)22(23,12-14)9-10-25(18,2)13-15-3-4-15;/h5-6,15,18,28H,1,3-4,7-13H2,2H3,(H2-,24,26,27);/p+1. The largest absolute Gasteiger partial charge is 0.507 e. The summed E-state index contributed by atoms with van der Waals surface area (Å²) >= 11 is 0. The second-order valence-corrected chi connectivity index (χ2v) is 10.1. The van der Waals surface area contributed by atoms with Crippen LogP contribution in [0.15, 0.2) is 24.3 Å². The molecular formula is C23H31N2O3Y+. The molecule has 3 aliphatic carbocycles. The number of piperidine rings is 1. The molecule has 1 aliphatic heterocycles. The van der Waals surface area contributed by atoms with E-state index in [0.717, 1.165) is 59.5 Å². The average molecular weight is 472 g/mol. The quantitative estimate of drug-likeness (QED) is 0.467. The van der Waals surface area contributed by atoms with E-state index < -0.39 is 16.9 Å². The van der Waals surface area contributed by atoms with Crippen LogP contribution in [0.25, 0.3) is 0 Å². The van der Waals surface area contributed by atoms with Crippen molar-refractivity contribution >= 4 is 5.91 Å². The van der Waals surface area contributed by atoms with E-state index in [0.29, 0.717) is 12.8 Å². The predicted octanol–water partition coefficient (Wildman–Crippen LogP) is 2.38. The summed E-state index contributed by atoms with van der Waals surface area (Å²) in [7, 11) is 2.32. The summed E-state index contributed by atoms with van der Waals surface area (Å²) in [6.45, 7) is 6.36. The van der Waals surface area contributed by atoms with E-state index in [1.54, 1.807) is 6.07 Å². The number of aliphatic hydroxyl groups is 1. The number of hydrogen-bond acceptors (Lipinski definition) is 3. The van der Waals surface area contributed by atoms with E-state index in [2.05, 4.69) is 13.6 Å². The first-order valence-corrected chi connectivity index (χ1v) is 10.6. The number of amides is 1. The van der Waals surface area contributed by atoms with Crippen LogP contribution in [-0.4, -0.2) is 52.4 Å². The minimum Gasteiger partial charge on any atom is -0.507 e. The molecule has 3 fully saturated rings. The van der Waals surface area contributed by atoms with E-state index in [9.17, 15) is 15.0 Å². The topological polar surface area (TPSA) is 83.5 Å². The number of hydrogen-bond donors (Lipinski definition) is 3. The Morgan fingerprint density at radius 2 is 2.07 bits per heavy atom.